The van der Waals surface area contributed by atoms with Gasteiger partial charge < -0.3 is 24.3 Å². The molecule has 0 spiro atoms. The number of hydrogen-bond donors (Lipinski definition) is 1. The second-order valence-electron chi connectivity index (χ2n) is 7.21. The van der Waals surface area contributed by atoms with Gasteiger partial charge in [-0.25, -0.2) is 0 Å². The van der Waals surface area contributed by atoms with Crippen LogP contribution in [-0.2, 0) is 17.9 Å². The number of benzene rings is 1. The Bertz CT molecular complexity index is 814. The van der Waals surface area contributed by atoms with Gasteiger partial charge in [0.15, 0.2) is 11.5 Å². The summed E-state index contributed by atoms with van der Waals surface area (Å²) in [5.74, 6) is 3.98. The van der Waals surface area contributed by atoms with Crippen LogP contribution in [0.2, 0.25) is 0 Å². The molecule has 1 fully saturated rings. The van der Waals surface area contributed by atoms with Crippen molar-refractivity contribution in [3.63, 3.8) is 0 Å². The van der Waals surface area contributed by atoms with Gasteiger partial charge in [-0.05, 0) is 25.0 Å². The van der Waals surface area contributed by atoms with E-state index in [4.69, 9.17) is 9.47 Å². The molecule has 150 valence electrons. The van der Waals surface area contributed by atoms with Gasteiger partial charge in [-0.15, -0.1) is 10.2 Å². The zero-order chi connectivity index (χ0) is 19.3. The lowest BCUT2D eigenvalue weighted by Gasteiger charge is -2.32. The summed E-state index contributed by atoms with van der Waals surface area (Å²) < 4.78 is 13.3. The van der Waals surface area contributed by atoms with E-state index < -0.39 is 0 Å². The van der Waals surface area contributed by atoms with Gasteiger partial charge in [-0.1, -0.05) is 12.1 Å². The van der Waals surface area contributed by atoms with E-state index in [9.17, 15) is 4.79 Å². The number of hydrogen-bond acceptors (Lipinski definition) is 6. The monoisotopic (exact) mass is 385 g/mol. The Morgan fingerprint density at radius 3 is 2.75 bits per heavy atom. The van der Waals surface area contributed by atoms with Crippen LogP contribution in [-0.4, -0.2) is 58.9 Å². The highest BCUT2D eigenvalue weighted by molar-refractivity contribution is 5.76. The van der Waals surface area contributed by atoms with Gasteiger partial charge >= 0.3 is 0 Å². The number of para-hydroxylation sites is 2. The van der Waals surface area contributed by atoms with Gasteiger partial charge in [0.1, 0.15) is 11.6 Å². The number of ether oxygens (including phenoxy) is 2. The molecule has 3 heterocycles. The maximum absolute atomic E-state index is 12.5. The predicted molar refractivity (Wildman–Crippen MR) is 103 cm³/mol. The van der Waals surface area contributed by atoms with Crippen LogP contribution >= 0.6 is 0 Å². The van der Waals surface area contributed by atoms with Crippen LogP contribution in [0.1, 0.15) is 36.8 Å². The Hall–Kier alpha value is -2.61. The fraction of sp³-hybridized carbons (Fsp3) is 0.550. The number of rotatable bonds is 6. The predicted octanol–water partition coefficient (Wildman–Crippen LogP) is 1.56. The lowest BCUT2D eigenvalue weighted by Crippen LogP contribution is -2.39. The molecule has 1 amide bonds. The molecule has 0 saturated carbocycles. The first-order valence-electron chi connectivity index (χ1n) is 9.92. The van der Waals surface area contributed by atoms with Gasteiger partial charge in [0.05, 0.1) is 26.7 Å². The number of carbonyl (C=O) groups excluding carboxylic acids is 1. The fourth-order valence-electron chi connectivity index (χ4n) is 3.95. The molecular formula is C20H27N5O3. The Morgan fingerprint density at radius 2 is 1.96 bits per heavy atom. The van der Waals surface area contributed by atoms with Crippen molar-refractivity contribution in [3.05, 3.63) is 35.9 Å². The number of methoxy groups -OCH3 is 1. The van der Waals surface area contributed by atoms with Crippen molar-refractivity contribution in [2.75, 3.05) is 33.4 Å². The van der Waals surface area contributed by atoms with Crippen LogP contribution in [0.4, 0.5) is 0 Å². The Balaban J connectivity index is 1.26. The number of amides is 1. The van der Waals surface area contributed by atoms with Crippen LogP contribution < -0.4 is 14.8 Å². The first-order chi connectivity index (χ1) is 13.8. The Kier molecular flexibility index (Phi) is 5.76. The molecule has 1 N–H and O–H groups in total. The van der Waals surface area contributed by atoms with Gasteiger partial charge in [0.25, 0.3) is 0 Å². The highest BCUT2D eigenvalue weighted by Crippen LogP contribution is 2.28. The van der Waals surface area contributed by atoms with Gasteiger partial charge in [-0.3, -0.25) is 4.79 Å². The summed E-state index contributed by atoms with van der Waals surface area (Å²) in [6.45, 7) is 4.55. The summed E-state index contributed by atoms with van der Waals surface area (Å²) in [7, 11) is 1.61. The van der Waals surface area contributed by atoms with E-state index in [2.05, 4.69) is 20.1 Å². The molecule has 0 aliphatic carbocycles. The summed E-state index contributed by atoms with van der Waals surface area (Å²) in [4.78, 5) is 14.5. The largest absolute Gasteiger partial charge is 0.493 e. The number of nitrogens with one attached hydrogen (secondary N) is 1. The molecule has 2 aliphatic heterocycles. The molecule has 28 heavy (non-hydrogen) atoms. The van der Waals surface area contributed by atoms with E-state index in [0.29, 0.717) is 30.4 Å². The maximum atomic E-state index is 12.5. The average molecular weight is 385 g/mol. The van der Waals surface area contributed by atoms with Crippen LogP contribution in [0.15, 0.2) is 24.3 Å². The third-order valence-corrected chi connectivity index (χ3v) is 5.51. The molecule has 2 aliphatic rings. The summed E-state index contributed by atoms with van der Waals surface area (Å²) >= 11 is 0. The van der Waals surface area contributed by atoms with Crippen LogP contribution in [0.5, 0.6) is 11.5 Å². The van der Waals surface area contributed by atoms with Crippen molar-refractivity contribution < 1.29 is 14.3 Å². The number of likely N-dealkylation sites (tertiary alicyclic amines) is 1. The topological polar surface area (TPSA) is 81.5 Å². The van der Waals surface area contributed by atoms with E-state index >= 15 is 0 Å². The molecule has 2 aromatic rings. The molecule has 1 aromatic carbocycles. The lowest BCUT2D eigenvalue weighted by atomic mass is 9.95. The third kappa shape index (κ3) is 3.96. The first kappa shape index (κ1) is 18.7. The maximum Gasteiger partial charge on any atom is 0.225 e. The van der Waals surface area contributed by atoms with Crippen molar-refractivity contribution in [3.8, 4) is 11.5 Å². The van der Waals surface area contributed by atoms with Crippen LogP contribution in [0.3, 0.4) is 0 Å². The lowest BCUT2D eigenvalue weighted by molar-refractivity contribution is -0.132. The molecule has 1 saturated heterocycles. The summed E-state index contributed by atoms with van der Waals surface area (Å²) in [6.07, 6.45) is 2.24. The van der Waals surface area contributed by atoms with Crippen LogP contribution in [0.25, 0.3) is 0 Å². The van der Waals surface area contributed by atoms with Crippen molar-refractivity contribution >= 4 is 5.91 Å². The molecule has 0 bridgehead atoms. The van der Waals surface area contributed by atoms with Crippen molar-refractivity contribution in [1.82, 2.24) is 25.0 Å². The molecule has 1 aromatic heterocycles. The molecular weight excluding hydrogens is 358 g/mol. The van der Waals surface area contributed by atoms with Crippen molar-refractivity contribution in [2.24, 2.45) is 0 Å². The fourth-order valence-corrected chi connectivity index (χ4v) is 3.95. The summed E-state index contributed by atoms with van der Waals surface area (Å²) in [6, 6.07) is 7.48. The van der Waals surface area contributed by atoms with Crippen molar-refractivity contribution in [1.29, 1.82) is 0 Å². The number of fused-ring (bicyclic) bond motifs is 1. The van der Waals surface area contributed by atoms with E-state index in [1.807, 2.05) is 29.2 Å². The molecule has 0 unspecified atom stereocenters. The summed E-state index contributed by atoms with van der Waals surface area (Å²) in [5.41, 5.74) is 0. The minimum atomic E-state index is 0.140. The standard InChI is InChI=1S/C20H27N5O3/c1-27-16-4-2-3-5-17(16)28-13-8-19(26)24-10-6-15(7-11-24)20-23-22-18-14-21-9-12-25(18)20/h2-5,15,21H,6-14H2,1H3. The molecule has 8 nitrogen and oxygen atoms in total. The van der Waals surface area contributed by atoms with E-state index in [0.717, 1.165) is 57.2 Å². The SMILES string of the molecule is COc1ccccc1OCCC(=O)N1CCC(c2nnc3n2CCNC3)CC1. The zero-order valence-corrected chi connectivity index (χ0v) is 16.3. The number of aromatic nitrogens is 3. The molecule has 4 rings (SSSR count). The van der Waals surface area contributed by atoms with E-state index in [1.165, 1.54) is 0 Å². The summed E-state index contributed by atoms with van der Waals surface area (Å²) in [5, 5.41) is 12.1. The zero-order valence-electron chi connectivity index (χ0n) is 16.3. The smallest absolute Gasteiger partial charge is 0.225 e. The third-order valence-electron chi connectivity index (χ3n) is 5.51. The minimum absolute atomic E-state index is 0.140. The Labute approximate surface area is 164 Å². The number of nitrogens with zero attached hydrogens (tertiary/aromatic N) is 4. The average Bonchev–Trinajstić information content (AvgIpc) is 3.18. The van der Waals surface area contributed by atoms with E-state index in [1.54, 1.807) is 7.11 Å². The van der Waals surface area contributed by atoms with Crippen LogP contribution in [0, 0.1) is 0 Å². The second kappa shape index (κ2) is 8.60. The van der Waals surface area contributed by atoms with Gasteiger partial charge in [0.2, 0.25) is 5.91 Å². The Morgan fingerprint density at radius 1 is 1.18 bits per heavy atom. The normalized spacial score (nSPS) is 17.2. The highest BCUT2D eigenvalue weighted by Gasteiger charge is 2.28. The number of carbonyl (C=O) groups is 1. The second-order valence-corrected chi connectivity index (χ2v) is 7.21. The molecule has 0 radical (unpaired) electrons. The molecule has 8 heteroatoms. The van der Waals surface area contributed by atoms with Gasteiger partial charge in [-0.2, -0.15) is 0 Å². The minimum Gasteiger partial charge on any atom is -0.493 e. The van der Waals surface area contributed by atoms with Crippen molar-refractivity contribution in [2.45, 2.75) is 38.3 Å². The highest BCUT2D eigenvalue weighted by atomic mass is 16.5. The molecule has 0 atom stereocenters. The van der Waals surface area contributed by atoms with Gasteiger partial charge in [0, 0.05) is 32.1 Å². The first-order valence-corrected chi connectivity index (χ1v) is 9.92. The number of piperidine rings is 1. The van der Waals surface area contributed by atoms with E-state index in [-0.39, 0.29) is 5.91 Å². The quantitative estimate of drug-likeness (QED) is 0.813.